The van der Waals surface area contributed by atoms with Gasteiger partial charge in [0, 0.05) is 0 Å². The lowest BCUT2D eigenvalue weighted by atomic mass is 9.49. The van der Waals surface area contributed by atoms with E-state index in [0.717, 1.165) is 17.6 Å². The third-order valence-electron chi connectivity index (χ3n) is 5.50. The molecule has 1 aliphatic carbocycles. The lowest BCUT2D eigenvalue weighted by molar-refractivity contribution is 0.400. The zero-order valence-corrected chi connectivity index (χ0v) is 14.6. The van der Waals surface area contributed by atoms with E-state index in [1.807, 2.05) is 0 Å². The fourth-order valence-corrected chi connectivity index (χ4v) is 4.12. The van der Waals surface area contributed by atoms with Gasteiger partial charge in [0.05, 0.1) is 0 Å². The van der Waals surface area contributed by atoms with Gasteiger partial charge < -0.3 is 0 Å². The van der Waals surface area contributed by atoms with Crippen molar-refractivity contribution in [3.8, 4) is 0 Å². The van der Waals surface area contributed by atoms with Crippen LogP contribution in [0.3, 0.4) is 0 Å². The van der Waals surface area contributed by atoms with E-state index in [-0.39, 0.29) is 0 Å². The van der Waals surface area contributed by atoms with Crippen molar-refractivity contribution in [3.63, 3.8) is 0 Å². The largest absolute Gasteiger partial charge is 0.127 e. The summed E-state index contributed by atoms with van der Waals surface area (Å²) in [6.07, 6.45) is 19.2. The average molecular weight is 278 g/mol. The van der Waals surface area contributed by atoms with Gasteiger partial charge in [-0.3, -0.25) is 0 Å². The fourth-order valence-electron chi connectivity index (χ4n) is 4.12. The third-order valence-corrected chi connectivity index (χ3v) is 5.50. The van der Waals surface area contributed by atoms with Crippen LogP contribution in [0.15, 0.2) is 0 Å². The van der Waals surface area contributed by atoms with Gasteiger partial charge in [-0.25, -0.2) is 0 Å². The van der Waals surface area contributed by atoms with Crippen molar-refractivity contribution in [1.29, 1.82) is 0 Å². The van der Waals surface area contributed by atoms with Crippen LogP contribution in [0.1, 0.15) is 104 Å². The second kappa shape index (κ2) is 11.7. The molecule has 0 N–H and O–H groups in total. The molecule has 3 unspecified atom stereocenters. The molecule has 1 rings (SSSR count). The van der Waals surface area contributed by atoms with Gasteiger partial charge in [-0.2, -0.15) is 0 Å². The van der Waals surface area contributed by atoms with Gasteiger partial charge in [-0.05, 0) is 5.92 Å². The monoisotopic (exact) mass is 278 g/mol. The molecule has 0 nitrogen and oxygen atoms in total. The Morgan fingerprint density at radius 2 is 1.70 bits per heavy atom. The smallest absolute Gasteiger partial charge is 0.0658 e. The summed E-state index contributed by atoms with van der Waals surface area (Å²) >= 11 is 0. The molecule has 0 aromatic rings. The van der Waals surface area contributed by atoms with E-state index in [1.54, 1.807) is 0 Å². The molecule has 1 fully saturated rings. The van der Waals surface area contributed by atoms with E-state index in [9.17, 15) is 0 Å². The number of hydrogen-bond donors (Lipinski definition) is 0. The van der Waals surface area contributed by atoms with Crippen LogP contribution in [-0.4, -0.2) is 7.28 Å². The van der Waals surface area contributed by atoms with Gasteiger partial charge in [-0.1, -0.05) is 116 Å². The highest BCUT2D eigenvalue weighted by Crippen LogP contribution is 2.34. The summed E-state index contributed by atoms with van der Waals surface area (Å²) in [4.78, 5) is 0. The molecule has 1 heteroatoms. The Morgan fingerprint density at radius 1 is 0.950 bits per heavy atom. The Bertz CT molecular complexity index is 214. The van der Waals surface area contributed by atoms with Crippen molar-refractivity contribution in [3.05, 3.63) is 0 Å². The number of hydrogen-bond acceptors (Lipinski definition) is 0. The van der Waals surface area contributed by atoms with Crippen LogP contribution >= 0.6 is 0 Å². The summed E-state index contributed by atoms with van der Waals surface area (Å²) in [5.41, 5.74) is 0. The number of unbranched alkanes of at least 4 members (excludes halogenated alkanes) is 4. The van der Waals surface area contributed by atoms with Crippen LogP contribution < -0.4 is 0 Å². The molecule has 0 heterocycles. The number of rotatable bonds is 9. The lowest BCUT2D eigenvalue weighted by Gasteiger charge is -2.26. The molecule has 3 atom stereocenters. The summed E-state index contributed by atoms with van der Waals surface area (Å²) in [7, 11) is 1.54. The standard InChI is InChI=1S/C19H39B/c1-4-6-7-8-11-14-18(5-2)20-19-15-12-9-10-13-17(3)16-19/h17-20H,4-16H2,1-3H3. The van der Waals surface area contributed by atoms with Crippen molar-refractivity contribution in [2.45, 2.75) is 116 Å². The minimum absolute atomic E-state index is 0.988. The van der Waals surface area contributed by atoms with Gasteiger partial charge in [0.1, 0.15) is 7.28 Å². The molecular weight excluding hydrogens is 239 g/mol. The summed E-state index contributed by atoms with van der Waals surface area (Å²) < 4.78 is 0. The van der Waals surface area contributed by atoms with Gasteiger partial charge >= 0.3 is 0 Å². The minimum atomic E-state index is 0.988. The van der Waals surface area contributed by atoms with Gasteiger partial charge in [0.25, 0.3) is 0 Å². The third kappa shape index (κ3) is 8.37. The van der Waals surface area contributed by atoms with Crippen LogP contribution in [0.5, 0.6) is 0 Å². The van der Waals surface area contributed by atoms with Crippen LogP contribution in [0.25, 0.3) is 0 Å². The van der Waals surface area contributed by atoms with Crippen LogP contribution in [0.4, 0.5) is 0 Å². The van der Waals surface area contributed by atoms with Crippen molar-refractivity contribution < 1.29 is 0 Å². The van der Waals surface area contributed by atoms with Gasteiger partial charge in [0.2, 0.25) is 0 Å². The van der Waals surface area contributed by atoms with Crippen LogP contribution in [-0.2, 0) is 0 Å². The summed E-state index contributed by atoms with van der Waals surface area (Å²) in [6.45, 7) is 7.22. The topological polar surface area (TPSA) is 0 Å². The molecule has 0 aromatic heterocycles. The lowest BCUT2D eigenvalue weighted by Crippen LogP contribution is -2.15. The zero-order valence-electron chi connectivity index (χ0n) is 14.6. The van der Waals surface area contributed by atoms with E-state index in [2.05, 4.69) is 20.8 Å². The van der Waals surface area contributed by atoms with Crippen molar-refractivity contribution in [2.24, 2.45) is 5.92 Å². The van der Waals surface area contributed by atoms with E-state index in [0.29, 0.717) is 0 Å². The molecule has 0 spiro atoms. The zero-order chi connectivity index (χ0) is 14.6. The van der Waals surface area contributed by atoms with E-state index >= 15 is 0 Å². The average Bonchev–Trinajstić information content (AvgIpc) is 2.42. The Morgan fingerprint density at radius 3 is 2.45 bits per heavy atom. The Labute approximate surface area is 129 Å². The predicted octanol–water partition coefficient (Wildman–Crippen LogP) is 6.76. The molecule has 0 radical (unpaired) electrons. The van der Waals surface area contributed by atoms with Crippen molar-refractivity contribution in [1.82, 2.24) is 0 Å². The maximum absolute atomic E-state index is 2.49. The summed E-state index contributed by atoms with van der Waals surface area (Å²) in [5.74, 6) is 3.06. The van der Waals surface area contributed by atoms with Crippen LogP contribution in [0.2, 0.25) is 11.6 Å². The molecule has 0 saturated heterocycles. The Hall–Kier alpha value is 0.0649. The summed E-state index contributed by atoms with van der Waals surface area (Å²) in [5, 5.41) is 0. The van der Waals surface area contributed by atoms with Crippen molar-refractivity contribution in [2.75, 3.05) is 0 Å². The maximum Gasteiger partial charge on any atom is 0.127 e. The SMILES string of the molecule is CCCCCCCC(BC1CCCCCC(C)C1)CC. The fraction of sp³-hybridized carbons (Fsp3) is 1.00. The summed E-state index contributed by atoms with van der Waals surface area (Å²) in [6, 6.07) is 0. The second-order valence-corrected chi connectivity index (χ2v) is 7.56. The van der Waals surface area contributed by atoms with Gasteiger partial charge in [0.15, 0.2) is 0 Å². The predicted molar refractivity (Wildman–Crippen MR) is 95.2 cm³/mol. The Kier molecular flexibility index (Phi) is 10.6. The highest BCUT2D eigenvalue weighted by Gasteiger charge is 2.20. The molecule has 1 aliphatic rings. The van der Waals surface area contributed by atoms with E-state index < -0.39 is 0 Å². The first-order chi connectivity index (χ1) is 9.76. The molecular formula is C19H39B. The molecule has 0 amide bonds. The molecule has 20 heavy (non-hydrogen) atoms. The molecule has 0 aliphatic heterocycles. The maximum atomic E-state index is 2.49. The normalized spacial score (nSPS) is 25.8. The molecule has 0 bridgehead atoms. The van der Waals surface area contributed by atoms with Crippen molar-refractivity contribution >= 4 is 7.28 Å². The Balaban J connectivity index is 2.22. The molecule has 1 saturated carbocycles. The molecule has 118 valence electrons. The van der Waals surface area contributed by atoms with Gasteiger partial charge in [-0.15, -0.1) is 0 Å². The quantitative estimate of drug-likeness (QED) is 0.323. The second-order valence-electron chi connectivity index (χ2n) is 7.56. The minimum Gasteiger partial charge on any atom is -0.0658 e. The highest BCUT2D eigenvalue weighted by atomic mass is 14.2. The first kappa shape index (κ1) is 18.1. The molecule has 0 aromatic carbocycles. The van der Waals surface area contributed by atoms with E-state index in [1.165, 1.54) is 90.8 Å². The van der Waals surface area contributed by atoms with E-state index in [4.69, 9.17) is 0 Å². The van der Waals surface area contributed by atoms with Crippen LogP contribution in [0, 0.1) is 5.92 Å². The first-order valence-electron chi connectivity index (χ1n) is 9.76. The highest BCUT2D eigenvalue weighted by molar-refractivity contribution is 6.39. The first-order valence-corrected chi connectivity index (χ1v) is 9.76.